The highest BCUT2D eigenvalue weighted by Crippen LogP contribution is 2.28. The summed E-state index contributed by atoms with van der Waals surface area (Å²) in [4.78, 5) is 19.8. The third-order valence-corrected chi connectivity index (χ3v) is 15.4. The average molecular weight is 787 g/mol. The summed E-state index contributed by atoms with van der Waals surface area (Å²) in [5.41, 5.74) is 1.45. The third kappa shape index (κ3) is 14.1. The second-order valence-corrected chi connectivity index (χ2v) is 41.2. The second-order valence-electron chi connectivity index (χ2n) is 18.7. The molecule has 4 rings (SSSR count). The zero-order chi connectivity index (χ0) is 38.2. The number of hydrogen-bond acceptors (Lipinski definition) is 8. The van der Waals surface area contributed by atoms with E-state index < -0.39 is 32.3 Å². The first kappa shape index (κ1) is 42.3. The van der Waals surface area contributed by atoms with Gasteiger partial charge in [0.2, 0.25) is 0 Å². The van der Waals surface area contributed by atoms with Crippen LogP contribution in [-0.2, 0) is 45.9 Å². The van der Waals surface area contributed by atoms with Crippen LogP contribution >= 0.6 is 0 Å². The van der Waals surface area contributed by atoms with Crippen LogP contribution in [0.4, 0.5) is 0 Å². The summed E-state index contributed by atoms with van der Waals surface area (Å²) in [7, 11) is -4.90. The molecule has 0 aliphatic carbocycles. The van der Waals surface area contributed by atoms with Crippen molar-refractivity contribution >= 4 is 32.3 Å². The highest BCUT2D eigenvalue weighted by molar-refractivity contribution is 6.77. The Balaban J connectivity index is 1.66. The quantitative estimate of drug-likeness (QED) is 0.0543. The van der Waals surface area contributed by atoms with Crippen LogP contribution in [-0.4, -0.2) is 96.9 Å². The fraction of sp³-hybridized carbons (Fsp3) is 0.667. The van der Waals surface area contributed by atoms with Crippen molar-refractivity contribution in [3.05, 3.63) is 37.2 Å². The summed E-state index contributed by atoms with van der Waals surface area (Å²) in [6, 6.07) is 4.39. The molecule has 4 aromatic heterocycles. The minimum atomic E-state index is -1.25. The molecule has 0 fully saturated rings. The van der Waals surface area contributed by atoms with E-state index in [0.29, 0.717) is 51.8 Å². The first-order valence-electron chi connectivity index (χ1n) is 18.8. The van der Waals surface area contributed by atoms with E-state index in [1.165, 1.54) is 0 Å². The molecule has 0 unspecified atom stereocenters. The Kier molecular flexibility index (Phi) is 14.8. The molecule has 0 aliphatic rings. The van der Waals surface area contributed by atoms with Crippen LogP contribution in [0, 0.1) is 0 Å². The fourth-order valence-corrected chi connectivity index (χ4v) is 8.06. The second kappa shape index (κ2) is 18.3. The van der Waals surface area contributed by atoms with Gasteiger partial charge in [0.05, 0.1) is 0 Å². The Hall–Kier alpha value is -2.45. The monoisotopic (exact) mass is 786 g/mol. The van der Waals surface area contributed by atoms with Crippen molar-refractivity contribution in [1.29, 1.82) is 0 Å². The minimum Gasteiger partial charge on any atom is -0.361 e. The largest absolute Gasteiger partial charge is 0.361 e. The van der Waals surface area contributed by atoms with Crippen LogP contribution in [0.2, 0.25) is 103 Å². The molecule has 0 N–H and O–H groups in total. The number of ether oxygens (including phenoxy) is 4. The van der Waals surface area contributed by atoms with E-state index in [9.17, 15) is 0 Å². The lowest BCUT2D eigenvalue weighted by molar-refractivity contribution is 0.0844. The van der Waals surface area contributed by atoms with Crippen LogP contribution in [0.5, 0.6) is 0 Å². The maximum atomic E-state index is 6.25. The summed E-state index contributed by atoms with van der Waals surface area (Å²) in [5, 5.41) is 0. The summed E-state index contributed by atoms with van der Waals surface area (Å²) in [6.45, 7) is 32.8. The Labute approximate surface area is 316 Å². The topological polar surface area (TPSA) is 108 Å². The molecule has 0 aliphatic heterocycles. The molecule has 52 heavy (non-hydrogen) atoms. The number of rotatable bonds is 23. The fourth-order valence-electron chi connectivity index (χ4n) is 5.04. The molecule has 0 spiro atoms. The van der Waals surface area contributed by atoms with E-state index in [4.69, 9.17) is 38.9 Å². The third-order valence-electron chi connectivity index (χ3n) is 8.55. The van der Waals surface area contributed by atoms with Gasteiger partial charge in [-0.1, -0.05) is 78.6 Å². The maximum Gasteiger partial charge on any atom is 0.179 e. The molecule has 0 aromatic carbocycles. The van der Waals surface area contributed by atoms with Crippen LogP contribution in [0.25, 0.3) is 34.7 Å². The highest BCUT2D eigenvalue weighted by Gasteiger charge is 2.23. The molecule has 290 valence electrons. The van der Waals surface area contributed by atoms with Gasteiger partial charge in [0.25, 0.3) is 0 Å². The summed E-state index contributed by atoms with van der Waals surface area (Å²) < 4.78 is 32.9. The predicted molar refractivity (Wildman–Crippen MR) is 222 cm³/mol. The normalized spacial score (nSPS) is 13.1. The Bertz CT molecular complexity index is 1550. The Morgan fingerprint density at radius 3 is 1.00 bits per heavy atom. The van der Waals surface area contributed by atoms with Gasteiger partial charge in [0, 0.05) is 95.9 Å². The van der Waals surface area contributed by atoms with Gasteiger partial charge < -0.3 is 37.2 Å². The van der Waals surface area contributed by atoms with Crippen LogP contribution < -0.4 is 0 Å². The number of nitrogens with zero attached hydrogens (tertiary/aromatic N) is 8. The molecule has 0 radical (unpaired) electrons. The molecule has 4 aromatic rings. The Morgan fingerprint density at radius 1 is 0.423 bits per heavy atom. The summed E-state index contributed by atoms with van der Waals surface area (Å²) in [5.74, 6) is 2.88. The zero-order valence-corrected chi connectivity index (χ0v) is 38.2. The number of aromatic nitrogens is 8. The number of hydrogen-bond donors (Lipinski definition) is 0. The van der Waals surface area contributed by atoms with Crippen molar-refractivity contribution in [1.82, 2.24) is 38.2 Å². The van der Waals surface area contributed by atoms with Crippen molar-refractivity contribution in [2.24, 2.45) is 0 Å². The van der Waals surface area contributed by atoms with Crippen molar-refractivity contribution < 1.29 is 18.9 Å². The van der Waals surface area contributed by atoms with Gasteiger partial charge >= 0.3 is 0 Å². The smallest absolute Gasteiger partial charge is 0.179 e. The van der Waals surface area contributed by atoms with Gasteiger partial charge in [-0.25, -0.2) is 19.9 Å². The highest BCUT2D eigenvalue weighted by atomic mass is 28.3. The van der Waals surface area contributed by atoms with E-state index in [-0.39, 0.29) is 0 Å². The molecule has 4 heterocycles. The Morgan fingerprint density at radius 2 is 0.712 bits per heavy atom. The van der Waals surface area contributed by atoms with E-state index in [2.05, 4.69) is 78.6 Å². The van der Waals surface area contributed by atoms with E-state index in [1.807, 2.05) is 43.1 Å². The lowest BCUT2D eigenvalue weighted by atomic mass is 10.4. The van der Waals surface area contributed by atoms with Gasteiger partial charge in [-0.15, -0.1) is 0 Å². The molecular formula is C36H66N8O4Si4. The molecule has 0 atom stereocenters. The van der Waals surface area contributed by atoms with Gasteiger partial charge in [-0.3, -0.25) is 0 Å². The van der Waals surface area contributed by atoms with Gasteiger partial charge in [-0.05, 0) is 24.2 Å². The van der Waals surface area contributed by atoms with E-state index >= 15 is 0 Å². The standard InChI is InChI=1S/C36H66N8O4Si4/c1-49(2,3)21-17-45-27-41-15-13-37-33(41)35-39-31(25-43(35)29-47-19-23-51(7,8)9)32-26-44(30-48-20-24-52(10,11)12)36(40-32)34-38-14-16-42(34)28-46-18-22-50(4,5)6/h13-16,25-26H,17-24,27-30H2,1-12H3. The lowest BCUT2D eigenvalue weighted by Crippen LogP contribution is -2.22. The number of imidazole rings is 4. The zero-order valence-electron chi connectivity index (χ0n) is 34.2. The van der Waals surface area contributed by atoms with Crippen molar-refractivity contribution in [3.8, 4) is 34.7 Å². The predicted octanol–water partition coefficient (Wildman–Crippen LogP) is 8.72. The SMILES string of the molecule is C[Si](C)(C)CCOCn1ccnc1-c1nc(-c2cn(COCC[Si](C)(C)C)c(-c3nccn3COCC[Si](C)(C)C)n2)cn1COCC[Si](C)(C)C. The average Bonchev–Trinajstić information content (AvgIpc) is 3.82. The van der Waals surface area contributed by atoms with Gasteiger partial charge in [0.15, 0.2) is 23.3 Å². The van der Waals surface area contributed by atoms with Gasteiger partial charge in [-0.2, -0.15) is 0 Å². The van der Waals surface area contributed by atoms with Crippen molar-refractivity contribution in [2.45, 2.75) is 130 Å². The maximum absolute atomic E-state index is 6.25. The van der Waals surface area contributed by atoms with Crippen LogP contribution in [0.15, 0.2) is 37.2 Å². The van der Waals surface area contributed by atoms with E-state index in [1.54, 1.807) is 12.4 Å². The van der Waals surface area contributed by atoms with Gasteiger partial charge in [0.1, 0.15) is 38.3 Å². The lowest BCUT2D eigenvalue weighted by Gasteiger charge is -2.17. The minimum absolute atomic E-state index is 0.364. The molecule has 0 saturated heterocycles. The summed E-state index contributed by atoms with van der Waals surface area (Å²) in [6.07, 6.45) is 11.5. The molecular weight excluding hydrogens is 721 g/mol. The molecule has 0 bridgehead atoms. The van der Waals surface area contributed by atoms with Crippen LogP contribution in [0.3, 0.4) is 0 Å². The molecule has 0 amide bonds. The summed E-state index contributed by atoms with van der Waals surface area (Å²) >= 11 is 0. The van der Waals surface area contributed by atoms with Crippen molar-refractivity contribution in [3.63, 3.8) is 0 Å². The van der Waals surface area contributed by atoms with Crippen molar-refractivity contribution in [2.75, 3.05) is 26.4 Å². The molecule has 16 heteroatoms. The first-order valence-corrected chi connectivity index (χ1v) is 33.6. The van der Waals surface area contributed by atoms with E-state index in [0.717, 1.165) is 60.4 Å². The molecule has 12 nitrogen and oxygen atoms in total. The molecule has 0 saturated carbocycles. The first-order chi connectivity index (χ1) is 24.3. The van der Waals surface area contributed by atoms with Crippen LogP contribution in [0.1, 0.15) is 0 Å².